The van der Waals surface area contributed by atoms with Crippen molar-refractivity contribution < 1.29 is 14.3 Å². The van der Waals surface area contributed by atoms with Crippen LogP contribution in [0.5, 0.6) is 5.75 Å². The Hall–Kier alpha value is -3.49. The van der Waals surface area contributed by atoms with Crippen LogP contribution in [0.3, 0.4) is 0 Å². The number of benzene rings is 2. The largest absolute Gasteiger partial charge is 0.494 e. The molecule has 1 aliphatic heterocycles. The van der Waals surface area contributed by atoms with Crippen molar-refractivity contribution in [1.29, 1.82) is 0 Å². The fourth-order valence-corrected chi connectivity index (χ4v) is 3.56. The molecule has 0 bridgehead atoms. The molecule has 1 aliphatic rings. The summed E-state index contributed by atoms with van der Waals surface area (Å²) in [5, 5.41) is 10.2. The first-order valence-corrected chi connectivity index (χ1v) is 11.2. The van der Waals surface area contributed by atoms with Gasteiger partial charge in [-0.2, -0.15) is 5.10 Å². The second-order valence-corrected chi connectivity index (χ2v) is 8.22. The molecule has 4 rings (SSSR count). The average Bonchev–Trinajstić information content (AvgIpc) is 3.21. The summed E-state index contributed by atoms with van der Waals surface area (Å²) in [5.41, 5.74) is 2.73. The minimum atomic E-state index is -0.561. The lowest BCUT2D eigenvalue weighted by Gasteiger charge is -2.16. The first-order valence-electron chi connectivity index (χ1n) is 10.4. The number of unbranched alkanes of at least 4 members (excludes halogenated alkanes) is 1. The van der Waals surface area contributed by atoms with Gasteiger partial charge < -0.3 is 4.74 Å². The highest BCUT2D eigenvalue weighted by Crippen LogP contribution is 2.28. The van der Waals surface area contributed by atoms with Crippen molar-refractivity contribution in [2.24, 2.45) is 0 Å². The molecule has 2 amide bonds. The highest BCUT2D eigenvalue weighted by atomic mass is 35.5. The molecule has 0 saturated carbocycles. The van der Waals surface area contributed by atoms with E-state index in [1.54, 1.807) is 23.0 Å². The number of carbonyl (C=O) groups is 2. The lowest BCUT2D eigenvalue weighted by molar-refractivity contribution is -0.123. The molecule has 9 heteroatoms. The standard InChI is InChI=1S/C24H21ClN4O3S/c1-2-3-12-32-19-10-4-15(5-11-19)21-16(13-20-22(30)26-24(33)27-23(20)31)14-29(28-21)18-8-6-17(25)7-9-18/h4-11,13-14H,2-3,12H2,1H3,(H2,26,27,30,31,33). The smallest absolute Gasteiger partial charge is 0.263 e. The number of hydrogen-bond donors (Lipinski definition) is 2. The number of rotatable bonds is 7. The Bertz CT molecular complexity index is 1210. The minimum Gasteiger partial charge on any atom is -0.494 e. The molecule has 3 aromatic rings. The van der Waals surface area contributed by atoms with Gasteiger partial charge >= 0.3 is 0 Å². The molecular formula is C24H21ClN4O3S. The van der Waals surface area contributed by atoms with E-state index in [2.05, 4.69) is 17.6 Å². The van der Waals surface area contributed by atoms with Gasteiger partial charge in [-0.15, -0.1) is 0 Å². The molecule has 2 N–H and O–H groups in total. The summed E-state index contributed by atoms with van der Waals surface area (Å²) in [6.45, 7) is 2.77. The van der Waals surface area contributed by atoms with Crippen LogP contribution in [0.4, 0.5) is 0 Å². The van der Waals surface area contributed by atoms with Crippen LogP contribution in [0.25, 0.3) is 23.0 Å². The van der Waals surface area contributed by atoms with Crippen molar-refractivity contribution in [2.45, 2.75) is 19.8 Å². The van der Waals surface area contributed by atoms with E-state index in [9.17, 15) is 9.59 Å². The molecule has 0 radical (unpaired) electrons. The van der Waals surface area contributed by atoms with E-state index in [1.165, 1.54) is 6.08 Å². The normalized spacial score (nSPS) is 13.5. The van der Waals surface area contributed by atoms with Gasteiger partial charge in [0.05, 0.1) is 18.0 Å². The average molecular weight is 481 g/mol. The number of nitrogens with zero attached hydrogens (tertiary/aromatic N) is 2. The van der Waals surface area contributed by atoms with E-state index >= 15 is 0 Å². The van der Waals surface area contributed by atoms with E-state index < -0.39 is 11.8 Å². The molecule has 2 heterocycles. The zero-order valence-electron chi connectivity index (χ0n) is 17.8. The number of ether oxygens (including phenoxy) is 1. The van der Waals surface area contributed by atoms with Gasteiger partial charge in [0.1, 0.15) is 11.3 Å². The predicted molar refractivity (Wildman–Crippen MR) is 131 cm³/mol. The molecule has 168 valence electrons. The van der Waals surface area contributed by atoms with Crippen LogP contribution in [-0.4, -0.2) is 33.3 Å². The van der Waals surface area contributed by atoms with Crippen LogP contribution in [-0.2, 0) is 9.59 Å². The van der Waals surface area contributed by atoms with E-state index in [1.807, 2.05) is 36.4 Å². The van der Waals surface area contributed by atoms with Crippen molar-refractivity contribution in [3.05, 3.63) is 70.9 Å². The number of aromatic nitrogens is 2. The lowest BCUT2D eigenvalue weighted by atomic mass is 10.0. The number of carbonyl (C=O) groups excluding carboxylic acids is 2. The number of thiocarbonyl (C=S) groups is 1. The lowest BCUT2D eigenvalue weighted by Crippen LogP contribution is -2.51. The Morgan fingerprint density at radius 2 is 1.73 bits per heavy atom. The molecule has 1 fully saturated rings. The van der Waals surface area contributed by atoms with Crippen molar-refractivity contribution in [2.75, 3.05) is 6.61 Å². The van der Waals surface area contributed by atoms with Crippen molar-refractivity contribution in [1.82, 2.24) is 20.4 Å². The Morgan fingerprint density at radius 1 is 1.06 bits per heavy atom. The maximum absolute atomic E-state index is 12.4. The molecule has 0 spiro atoms. The van der Waals surface area contributed by atoms with E-state index in [4.69, 9.17) is 33.7 Å². The molecule has 7 nitrogen and oxygen atoms in total. The SMILES string of the molecule is CCCCOc1ccc(-c2nn(-c3ccc(Cl)cc3)cc2C=C2C(=O)NC(=S)NC2=O)cc1. The fraction of sp³-hybridized carbons (Fsp3) is 0.167. The van der Waals surface area contributed by atoms with Crippen LogP contribution in [0, 0.1) is 0 Å². The Labute approximate surface area is 201 Å². The van der Waals surface area contributed by atoms with Gasteiger partial charge in [0.15, 0.2) is 5.11 Å². The van der Waals surface area contributed by atoms with Gasteiger partial charge in [0.2, 0.25) is 0 Å². The first-order chi connectivity index (χ1) is 15.9. The van der Waals surface area contributed by atoms with Gasteiger partial charge in [-0.1, -0.05) is 24.9 Å². The molecule has 0 aliphatic carbocycles. The van der Waals surface area contributed by atoms with E-state index in [0.29, 0.717) is 22.9 Å². The number of hydrogen-bond acceptors (Lipinski definition) is 5. The number of nitrogens with one attached hydrogen (secondary N) is 2. The summed E-state index contributed by atoms with van der Waals surface area (Å²) in [6.07, 6.45) is 5.31. The molecule has 1 aromatic heterocycles. The Balaban J connectivity index is 1.74. The predicted octanol–water partition coefficient (Wildman–Crippen LogP) is 4.29. The Morgan fingerprint density at radius 3 is 2.36 bits per heavy atom. The summed E-state index contributed by atoms with van der Waals surface area (Å²) < 4.78 is 7.42. The topological polar surface area (TPSA) is 85.2 Å². The first kappa shape index (κ1) is 22.7. The highest BCUT2D eigenvalue weighted by Gasteiger charge is 2.26. The van der Waals surface area contributed by atoms with Crippen molar-refractivity contribution >= 4 is 46.8 Å². The molecule has 2 aromatic carbocycles. The summed E-state index contributed by atoms with van der Waals surface area (Å²) in [4.78, 5) is 24.7. The zero-order valence-corrected chi connectivity index (χ0v) is 19.4. The van der Waals surface area contributed by atoms with Crippen LogP contribution >= 0.6 is 23.8 Å². The third-order valence-corrected chi connectivity index (χ3v) is 5.43. The van der Waals surface area contributed by atoms with Gasteiger partial charge in [-0.3, -0.25) is 20.2 Å². The molecule has 0 unspecified atom stereocenters. The van der Waals surface area contributed by atoms with Crippen LogP contribution in [0.15, 0.2) is 60.3 Å². The highest BCUT2D eigenvalue weighted by molar-refractivity contribution is 7.80. The third-order valence-electron chi connectivity index (χ3n) is 4.97. The van der Waals surface area contributed by atoms with Crippen LogP contribution < -0.4 is 15.4 Å². The molecule has 33 heavy (non-hydrogen) atoms. The summed E-state index contributed by atoms with van der Waals surface area (Å²) >= 11 is 10.9. The molecule has 1 saturated heterocycles. The van der Waals surface area contributed by atoms with E-state index in [-0.39, 0.29) is 10.7 Å². The maximum atomic E-state index is 12.4. The van der Waals surface area contributed by atoms with Gasteiger partial charge in [0, 0.05) is 22.3 Å². The zero-order chi connectivity index (χ0) is 23.4. The Kier molecular flexibility index (Phi) is 6.86. The summed E-state index contributed by atoms with van der Waals surface area (Å²) in [7, 11) is 0. The third kappa shape index (κ3) is 5.30. The van der Waals surface area contributed by atoms with Gasteiger partial charge in [-0.25, -0.2) is 4.68 Å². The fourth-order valence-electron chi connectivity index (χ4n) is 3.25. The van der Waals surface area contributed by atoms with Crippen molar-refractivity contribution in [3.63, 3.8) is 0 Å². The summed E-state index contributed by atoms with van der Waals surface area (Å²) in [6, 6.07) is 14.7. The maximum Gasteiger partial charge on any atom is 0.263 e. The second-order valence-electron chi connectivity index (χ2n) is 7.38. The quantitative estimate of drug-likeness (QED) is 0.228. The van der Waals surface area contributed by atoms with Crippen molar-refractivity contribution in [3.8, 4) is 22.7 Å². The monoisotopic (exact) mass is 480 g/mol. The number of halogens is 1. The molecular weight excluding hydrogens is 460 g/mol. The van der Waals surface area contributed by atoms with Gasteiger partial charge in [-0.05, 0) is 73.2 Å². The summed E-state index contributed by atoms with van der Waals surface area (Å²) in [5.74, 6) is -0.356. The second kappa shape index (κ2) is 9.97. The van der Waals surface area contributed by atoms with E-state index in [0.717, 1.165) is 29.8 Å². The van der Waals surface area contributed by atoms with Gasteiger partial charge in [0.25, 0.3) is 11.8 Å². The van der Waals surface area contributed by atoms with Crippen LogP contribution in [0.1, 0.15) is 25.3 Å². The van der Waals surface area contributed by atoms with Crippen LogP contribution in [0.2, 0.25) is 5.02 Å². The molecule has 0 atom stereocenters. The minimum absolute atomic E-state index is 0.0158. The number of amides is 2.